The van der Waals surface area contributed by atoms with Crippen LogP contribution in [0.4, 0.5) is 17.6 Å². The van der Waals surface area contributed by atoms with E-state index in [2.05, 4.69) is 4.74 Å². The van der Waals surface area contributed by atoms with Gasteiger partial charge in [0.1, 0.15) is 5.82 Å². The van der Waals surface area contributed by atoms with Crippen molar-refractivity contribution < 1.29 is 22.3 Å². The third-order valence-corrected chi connectivity index (χ3v) is 2.21. The van der Waals surface area contributed by atoms with Gasteiger partial charge in [0, 0.05) is 6.54 Å². The fourth-order valence-corrected chi connectivity index (χ4v) is 1.23. The Kier molecular flexibility index (Phi) is 4.47. The zero-order chi connectivity index (χ0) is 13.1. The van der Waals surface area contributed by atoms with E-state index < -0.39 is 18.1 Å². The minimum absolute atomic E-state index is 0.125. The summed E-state index contributed by atoms with van der Waals surface area (Å²) in [4.78, 5) is 0. The average Bonchev–Trinajstić information content (AvgIpc) is 2.23. The minimum atomic E-state index is -4.41. The van der Waals surface area contributed by atoms with E-state index in [4.69, 9.17) is 5.73 Å². The SMILES string of the molecule is CC(OCc1cc(F)cc(CN)c1)C(F)(F)F. The van der Waals surface area contributed by atoms with Crippen molar-refractivity contribution in [1.82, 2.24) is 0 Å². The summed E-state index contributed by atoms with van der Waals surface area (Å²) >= 11 is 0. The van der Waals surface area contributed by atoms with Crippen LogP contribution >= 0.6 is 0 Å². The highest BCUT2D eigenvalue weighted by molar-refractivity contribution is 5.24. The van der Waals surface area contributed by atoms with Crippen LogP contribution in [0.5, 0.6) is 0 Å². The molecule has 1 aromatic carbocycles. The molecule has 0 aromatic heterocycles. The van der Waals surface area contributed by atoms with Crippen molar-refractivity contribution in [3.63, 3.8) is 0 Å². The molecule has 0 radical (unpaired) electrons. The molecule has 0 aliphatic heterocycles. The van der Waals surface area contributed by atoms with Crippen molar-refractivity contribution >= 4 is 0 Å². The van der Waals surface area contributed by atoms with E-state index in [0.717, 1.165) is 13.0 Å². The molecule has 0 spiro atoms. The Morgan fingerprint density at radius 2 is 1.82 bits per heavy atom. The molecule has 2 nitrogen and oxygen atoms in total. The molecule has 1 rings (SSSR count). The minimum Gasteiger partial charge on any atom is -0.364 e. The van der Waals surface area contributed by atoms with E-state index in [-0.39, 0.29) is 13.2 Å². The van der Waals surface area contributed by atoms with Gasteiger partial charge in [-0.05, 0) is 30.2 Å². The zero-order valence-electron chi connectivity index (χ0n) is 9.22. The lowest BCUT2D eigenvalue weighted by Gasteiger charge is -2.16. The van der Waals surface area contributed by atoms with Crippen LogP contribution in [0.25, 0.3) is 0 Å². The second-order valence-electron chi connectivity index (χ2n) is 3.67. The summed E-state index contributed by atoms with van der Waals surface area (Å²) in [6.07, 6.45) is -6.29. The van der Waals surface area contributed by atoms with Crippen molar-refractivity contribution in [2.45, 2.75) is 32.4 Å². The first kappa shape index (κ1) is 13.9. The van der Waals surface area contributed by atoms with E-state index in [0.29, 0.717) is 11.1 Å². The van der Waals surface area contributed by atoms with Gasteiger partial charge < -0.3 is 10.5 Å². The molecular weight excluding hydrogens is 238 g/mol. The van der Waals surface area contributed by atoms with Crippen molar-refractivity contribution in [3.05, 3.63) is 35.1 Å². The van der Waals surface area contributed by atoms with Crippen molar-refractivity contribution in [1.29, 1.82) is 0 Å². The van der Waals surface area contributed by atoms with E-state index in [9.17, 15) is 17.6 Å². The lowest BCUT2D eigenvalue weighted by molar-refractivity contribution is -0.217. The fourth-order valence-electron chi connectivity index (χ4n) is 1.23. The summed E-state index contributed by atoms with van der Waals surface area (Å²) in [5.74, 6) is -0.536. The van der Waals surface area contributed by atoms with Crippen LogP contribution in [-0.4, -0.2) is 12.3 Å². The highest BCUT2D eigenvalue weighted by Gasteiger charge is 2.36. The first-order valence-electron chi connectivity index (χ1n) is 4.99. The average molecular weight is 251 g/mol. The van der Waals surface area contributed by atoms with Gasteiger partial charge in [-0.2, -0.15) is 13.2 Å². The Labute approximate surface area is 96.4 Å². The zero-order valence-corrected chi connectivity index (χ0v) is 9.22. The third kappa shape index (κ3) is 4.32. The number of ether oxygens (including phenoxy) is 1. The molecule has 0 saturated carbocycles. The second-order valence-corrected chi connectivity index (χ2v) is 3.67. The quantitative estimate of drug-likeness (QED) is 0.835. The van der Waals surface area contributed by atoms with Gasteiger partial charge in [-0.3, -0.25) is 0 Å². The normalized spacial score (nSPS) is 13.8. The molecule has 96 valence electrons. The molecule has 0 aliphatic rings. The van der Waals surface area contributed by atoms with Gasteiger partial charge in [-0.1, -0.05) is 6.07 Å². The molecule has 0 amide bonds. The number of hydrogen-bond donors (Lipinski definition) is 1. The van der Waals surface area contributed by atoms with Crippen molar-refractivity contribution in [2.24, 2.45) is 5.73 Å². The fraction of sp³-hybridized carbons (Fsp3) is 0.455. The highest BCUT2D eigenvalue weighted by Crippen LogP contribution is 2.23. The molecule has 0 bridgehead atoms. The van der Waals surface area contributed by atoms with Crippen LogP contribution in [0.2, 0.25) is 0 Å². The standard InChI is InChI=1S/C11H13F4NO/c1-7(11(13,14)15)17-6-9-2-8(5-16)3-10(12)4-9/h2-4,7H,5-6,16H2,1H3. The molecule has 0 aliphatic carbocycles. The molecule has 2 N–H and O–H groups in total. The maximum atomic E-state index is 13.0. The van der Waals surface area contributed by atoms with Gasteiger partial charge in [0.15, 0.2) is 6.10 Å². The first-order chi connectivity index (χ1) is 7.82. The van der Waals surface area contributed by atoms with E-state index in [1.807, 2.05) is 0 Å². The summed E-state index contributed by atoms with van der Waals surface area (Å²) in [5.41, 5.74) is 6.18. The molecular formula is C11H13F4NO. The molecule has 6 heteroatoms. The Hall–Kier alpha value is -1.14. The summed E-state index contributed by atoms with van der Waals surface area (Å²) in [6.45, 7) is 0.730. The molecule has 0 fully saturated rings. The lowest BCUT2D eigenvalue weighted by atomic mass is 10.1. The van der Waals surface area contributed by atoms with Crippen LogP contribution in [0, 0.1) is 5.82 Å². The maximum absolute atomic E-state index is 13.0. The lowest BCUT2D eigenvalue weighted by Crippen LogP contribution is -2.28. The number of hydrogen-bond acceptors (Lipinski definition) is 2. The van der Waals surface area contributed by atoms with Gasteiger partial charge >= 0.3 is 6.18 Å². The Morgan fingerprint density at radius 1 is 1.24 bits per heavy atom. The van der Waals surface area contributed by atoms with Gasteiger partial charge in [-0.25, -0.2) is 4.39 Å². The summed E-state index contributed by atoms with van der Waals surface area (Å²) in [5, 5.41) is 0. The van der Waals surface area contributed by atoms with E-state index in [1.54, 1.807) is 0 Å². The molecule has 17 heavy (non-hydrogen) atoms. The largest absolute Gasteiger partial charge is 0.414 e. The number of rotatable bonds is 4. The second kappa shape index (κ2) is 5.46. The Morgan fingerprint density at radius 3 is 2.35 bits per heavy atom. The van der Waals surface area contributed by atoms with Crippen LogP contribution < -0.4 is 5.73 Å². The summed E-state index contributed by atoms with van der Waals surface area (Å²) in [7, 11) is 0. The summed E-state index contributed by atoms with van der Waals surface area (Å²) in [6, 6.07) is 3.88. The number of benzene rings is 1. The predicted molar refractivity (Wildman–Crippen MR) is 54.6 cm³/mol. The molecule has 1 unspecified atom stereocenters. The van der Waals surface area contributed by atoms with Gasteiger partial charge in [0.25, 0.3) is 0 Å². The molecule has 1 atom stereocenters. The van der Waals surface area contributed by atoms with Crippen LogP contribution in [0.3, 0.4) is 0 Å². The molecule has 0 heterocycles. The number of nitrogens with two attached hydrogens (primary N) is 1. The Balaban J connectivity index is 2.66. The van der Waals surface area contributed by atoms with Crippen LogP contribution in [0.15, 0.2) is 18.2 Å². The van der Waals surface area contributed by atoms with Gasteiger partial charge in [0.2, 0.25) is 0 Å². The Bertz CT molecular complexity index is 378. The smallest absolute Gasteiger partial charge is 0.364 e. The topological polar surface area (TPSA) is 35.2 Å². The van der Waals surface area contributed by atoms with Crippen LogP contribution in [-0.2, 0) is 17.9 Å². The van der Waals surface area contributed by atoms with Gasteiger partial charge in [0.05, 0.1) is 6.61 Å². The molecule has 0 saturated heterocycles. The van der Waals surface area contributed by atoms with Crippen molar-refractivity contribution in [3.8, 4) is 0 Å². The number of alkyl halides is 3. The summed E-state index contributed by atoms with van der Waals surface area (Å²) < 4.78 is 54.1. The first-order valence-corrected chi connectivity index (χ1v) is 4.99. The third-order valence-electron chi connectivity index (χ3n) is 2.21. The van der Waals surface area contributed by atoms with E-state index >= 15 is 0 Å². The number of halogens is 4. The van der Waals surface area contributed by atoms with Crippen molar-refractivity contribution in [2.75, 3.05) is 0 Å². The van der Waals surface area contributed by atoms with Crippen LogP contribution in [0.1, 0.15) is 18.1 Å². The predicted octanol–water partition coefficient (Wildman–Crippen LogP) is 2.75. The molecule has 1 aromatic rings. The maximum Gasteiger partial charge on any atom is 0.414 e. The highest BCUT2D eigenvalue weighted by atomic mass is 19.4. The van der Waals surface area contributed by atoms with E-state index in [1.165, 1.54) is 12.1 Å². The van der Waals surface area contributed by atoms with Gasteiger partial charge in [-0.15, -0.1) is 0 Å². The monoisotopic (exact) mass is 251 g/mol.